The monoisotopic (exact) mass is 487 g/mol. The third-order valence-electron chi connectivity index (χ3n) is 4.01. The number of hydrogen-bond donors (Lipinski definition) is 1. The summed E-state index contributed by atoms with van der Waals surface area (Å²) in [5, 5.41) is 9.90. The van der Waals surface area contributed by atoms with Gasteiger partial charge in [0.1, 0.15) is 4.32 Å². The normalized spacial score (nSPS) is 15.4. The number of benzene rings is 1. The molecule has 28 heavy (non-hydrogen) atoms. The van der Waals surface area contributed by atoms with Crippen LogP contribution in [0.15, 0.2) is 21.5 Å². The van der Waals surface area contributed by atoms with Crippen molar-refractivity contribution in [3.8, 4) is 11.5 Å². The number of aromatic hydroxyl groups is 1. The molecule has 0 aliphatic carbocycles. The third-order valence-corrected chi connectivity index (χ3v) is 5.99. The number of phenols is 1. The number of hydrogen-bond acceptors (Lipinski definition) is 7. The molecule has 9 heteroatoms. The molecule has 0 bridgehead atoms. The Hall–Kier alpha value is -1.58. The van der Waals surface area contributed by atoms with Gasteiger partial charge >= 0.3 is 5.97 Å². The zero-order valence-electron chi connectivity index (χ0n) is 15.7. The molecule has 1 aromatic carbocycles. The number of amides is 1. The van der Waals surface area contributed by atoms with Crippen LogP contribution in [0, 0.1) is 0 Å². The first-order valence-electron chi connectivity index (χ1n) is 8.84. The van der Waals surface area contributed by atoms with Crippen LogP contribution >= 0.6 is 39.9 Å². The van der Waals surface area contributed by atoms with E-state index in [0.29, 0.717) is 39.0 Å². The summed E-state index contributed by atoms with van der Waals surface area (Å²) in [6.07, 6.45) is 4.43. The van der Waals surface area contributed by atoms with Gasteiger partial charge in [-0.25, -0.2) is 0 Å². The summed E-state index contributed by atoms with van der Waals surface area (Å²) in [4.78, 5) is 26.1. The Morgan fingerprint density at radius 2 is 2.11 bits per heavy atom. The number of unbranched alkanes of at least 4 members (excludes halogenated alkanes) is 2. The maximum atomic E-state index is 12.7. The summed E-state index contributed by atoms with van der Waals surface area (Å²) in [7, 11) is 1.46. The number of methoxy groups -OCH3 is 1. The van der Waals surface area contributed by atoms with Crippen LogP contribution in [-0.4, -0.2) is 46.5 Å². The van der Waals surface area contributed by atoms with Crippen molar-refractivity contribution in [1.29, 1.82) is 0 Å². The molecule has 1 aromatic rings. The minimum Gasteiger partial charge on any atom is -0.503 e. The van der Waals surface area contributed by atoms with E-state index in [1.807, 2.05) is 0 Å². The lowest BCUT2D eigenvalue weighted by Crippen LogP contribution is -2.29. The molecule has 1 saturated heterocycles. The van der Waals surface area contributed by atoms with E-state index in [2.05, 4.69) is 15.9 Å². The van der Waals surface area contributed by atoms with Crippen LogP contribution in [0.25, 0.3) is 6.08 Å². The highest BCUT2D eigenvalue weighted by Gasteiger charge is 2.31. The quantitative estimate of drug-likeness (QED) is 0.238. The number of ether oxygens (including phenoxy) is 2. The van der Waals surface area contributed by atoms with E-state index >= 15 is 0 Å². The highest BCUT2D eigenvalue weighted by Crippen LogP contribution is 2.38. The number of phenolic OH excluding ortho intramolecular Hbond substituents is 1. The van der Waals surface area contributed by atoms with Gasteiger partial charge in [-0.15, -0.1) is 0 Å². The first-order valence-corrected chi connectivity index (χ1v) is 10.9. The van der Waals surface area contributed by atoms with Crippen LogP contribution in [-0.2, 0) is 14.3 Å². The molecule has 6 nitrogen and oxygen atoms in total. The molecule has 0 radical (unpaired) electrons. The highest BCUT2D eigenvalue weighted by atomic mass is 79.9. The maximum absolute atomic E-state index is 12.7. The zero-order chi connectivity index (χ0) is 20.7. The summed E-state index contributed by atoms with van der Waals surface area (Å²) < 4.78 is 11.0. The number of rotatable bonds is 9. The van der Waals surface area contributed by atoms with Crippen molar-refractivity contribution in [2.24, 2.45) is 0 Å². The third kappa shape index (κ3) is 5.96. The van der Waals surface area contributed by atoms with Crippen LogP contribution in [0.1, 0.15) is 38.2 Å². The van der Waals surface area contributed by atoms with Gasteiger partial charge in [0.15, 0.2) is 11.5 Å². The smallest absolute Gasteiger partial charge is 0.305 e. The molecule has 0 saturated carbocycles. The fourth-order valence-corrected chi connectivity index (χ4v) is 4.39. The first kappa shape index (κ1) is 22.7. The van der Waals surface area contributed by atoms with Gasteiger partial charge in [-0.2, -0.15) is 0 Å². The molecule has 0 atom stereocenters. The lowest BCUT2D eigenvalue weighted by atomic mass is 10.1. The number of carbonyl (C=O) groups is 2. The molecule has 152 valence electrons. The first-order chi connectivity index (χ1) is 13.4. The molecule has 0 unspecified atom stereocenters. The number of nitrogens with zero attached hydrogens (tertiary/aromatic N) is 1. The van der Waals surface area contributed by atoms with Crippen molar-refractivity contribution in [1.82, 2.24) is 4.90 Å². The minimum absolute atomic E-state index is 0.00928. The predicted molar refractivity (Wildman–Crippen MR) is 117 cm³/mol. The second-order valence-corrected chi connectivity index (χ2v) is 8.53. The number of thiocarbonyl (C=S) groups is 1. The molecule has 1 aliphatic rings. The number of halogens is 1. The van der Waals surface area contributed by atoms with E-state index in [4.69, 9.17) is 21.7 Å². The Kier molecular flexibility index (Phi) is 8.78. The van der Waals surface area contributed by atoms with Gasteiger partial charge in [-0.3, -0.25) is 14.5 Å². The van der Waals surface area contributed by atoms with Crippen molar-refractivity contribution in [3.63, 3.8) is 0 Å². The molecular formula is C19H22BrNO5S2. The van der Waals surface area contributed by atoms with Crippen LogP contribution in [0.3, 0.4) is 0 Å². The molecular weight excluding hydrogens is 466 g/mol. The van der Waals surface area contributed by atoms with Gasteiger partial charge < -0.3 is 14.6 Å². The highest BCUT2D eigenvalue weighted by molar-refractivity contribution is 9.10. The molecule has 0 aromatic heterocycles. The van der Waals surface area contributed by atoms with E-state index in [-0.39, 0.29) is 17.6 Å². The Labute approximate surface area is 182 Å². The second-order valence-electron chi connectivity index (χ2n) is 6.00. The van der Waals surface area contributed by atoms with Crippen molar-refractivity contribution in [3.05, 3.63) is 27.1 Å². The Bertz CT molecular complexity index is 797. The van der Waals surface area contributed by atoms with Gasteiger partial charge in [0.25, 0.3) is 5.91 Å². The largest absolute Gasteiger partial charge is 0.503 e. The van der Waals surface area contributed by atoms with Crippen molar-refractivity contribution >= 4 is 62.2 Å². The van der Waals surface area contributed by atoms with Crippen LogP contribution in [0.2, 0.25) is 0 Å². The maximum Gasteiger partial charge on any atom is 0.305 e. The summed E-state index contributed by atoms with van der Waals surface area (Å²) >= 11 is 9.87. The molecule has 1 aliphatic heterocycles. The second kappa shape index (κ2) is 10.8. The van der Waals surface area contributed by atoms with Gasteiger partial charge in [-0.1, -0.05) is 30.4 Å². The number of thioether (sulfide) groups is 1. The van der Waals surface area contributed by atoms with Crippen molar-refractivity contribution < 1.29 is 24.2 Å². The van der Waals surface area contributed by atoms with E-state index in [1.165, 1.54) is 18.9 Å². The Balaban J connectivity index is 1.95. The summed E-state index contributed by atoms with van der Waals surface area (Å²) in [6, 6.07) is 3.36. The van der Waals surface area contributed by atoms with E-state index in [0.717, 1.165) is 24.8 Å². The Morgan fingerprint density at radius 1 is 1.36 bits per heavy atom. The van der Waals surface area contributed by atoms with Crippen LogP contribution in [0.5, 0.6) is 11.5 Å². The minimum atomic E-state index is -0.188. The SMILES string of the molecule is CCOC(=O)CCCCCN1C(=O)/C(=C\c2cc(Br)c(O)c(OC)c2)SC1=S. The lowest BCUT2D eigenvalue weighted by Gasteiger charge is -2.14. The van der Waals surface area contributed by atoms with E-state index in [1.54, 1.807) is 30.0 Å². The van der Waals surface area contributed by atoms with E-state index in [9.17, 15) is 14.7 Å². The molecule has 1 N–H and O–H groups in total. The molecule has 1 amide bonds. The van der Waals surface area contributed by atoms with Crippen LogP contribution in [0.4, 0.5) is 0 Å². The van der Waals surface area contributed by atoms with Gasteiger partial charge in [0.05, 0.1) is 23.1 Å². The molecule has 1 fully saturated rings. The fraction of sp³-hybridized carbons (Fsp3) is 0.421. The average Bonchev–Trinajstić information content (AvgIpc) is 2.91. The van der Waals surface area contributed by atoms with Gasteiger partial charge in [-0.05, 0) is 59.5 Å². The van der Waals surface area contributed by atoms with E-state index < -0.39 is 0 Å². The summed E-state index contributed by atoms with van der Waals surface area (Å²) in [5.41, 5.74) is 0.719. The van der Waals surface area contributed by atoms with Crippen molar-refractivity contribution in [2.45, 2.75) is 32.6 Å². The van der Waals surface area contributed by atoms with Gasteiger partial charge in [0, 0.05) is 13.0 Å². The average molecular weight is 488 g/mol. The number of carbonyl (C=O) groups excluding carboxylic acids is 2. The van der Waals surface area contributed by atoms with Gasteiger partial charge in [0.2, 0.25) is 0 Å². The number of esters is 1. The summed E-state index contributed by atoms with van der Waals surface area (Å²) in [5.74, 6) is 0.00260. The molecule has 0 spiro atoms. The van der Waals surface area contributed by atoms with Crippen LogP contribution < -0.4 is 4.74 Å². The van der Waals surface area contributed by atoms with Crippen molar-refractivity contribution in [2.75, 3.05) is 20.3 Å². The topological polar surface area (TPSA) is 76.1 Å². The fourth-order valence-electron chi connectivity index (χ4n) is 2.63. The predicted octanol–water partition coefficient (Wildman–Crippen LogP) is 4.49. The lowest BCUT2D eigenvalue weighted by molar-refractivity contribution is -0.143. The molecule has 2 rings (SSSR count). The summed E-state index contributed by atoms with van der Waals surface area (Å²) in [6.45, 7) is 2.70. The zero-order valence-corrected chi connectivity index (χ0v) is 18.9. The Morgan fingerprint density at radius 3 is 2.79 bits per heavy atom. The molecule has 1 heterocycles. The standard InChI is InChI=1S/C19H22BrNO5S2/c1-3-26-16(22)7-5-4-6-8-21-18(24)15(28-19(21)27)11-12-9-13(20)17(23)14(10-12)25-2/h9-11,23H,3-8H2,1-2H3/b15-11+.